The molecule has 0 amide bonds. The van der Waals surface area contributed by atoms with Crippen molar-refractivity contribution in [3.05, 3.63) is 0 Å². The molecule has 0 aromatic rings. The number of nitriles is 1. The molecule has 4 nitrogen and oxygen atoms in total. The van der Waals surface area contributed by atoms with Crippen LogP contribution in [0, 0.1) is 17.2 Å². The number of nitrogens with zero attached hydrogens (tertiary/aromatic N) is 2. The van der Waals surface area contributed by atoms with Crippen LogP contribution >= 0.6 is 8.53 Å². The number of hydrogen-bond acceptors (Lipinski definition) is 4. The van der Waals surface area contributed by atoms with Crippen molar-refractivity contribution in [3.63, 3.8) is 0 Å². The third-order valence-electron chi connectivity index (χ3n) is 5.13. The average Bonchev–Trinajstić information content (AvgIpc) is 2.65. The normalized spacial score (nSPS) is 14.0. The fraction of sp³-hybridized carbons (Fsp3) is 0.957. The summed E-state index contributed by atoms with van der Waals surface area (Å²) in [6.07, 6.45) is 13.8. The Morgan fingerprint density at radius 2 is 1.43 bits per heavy atom. The van der Waals surface area contributed by atoms with E-state index in [-0.39, 0.29) is 0 Å². The third-order valence-corrected chi connectivity index (χ3v) is 7.20. The van der Waals surface area contributed by atoms with Gasteiger partial charge in [0.1, 0.15) is 0 Å². The highest BCUT2D eigenvalue weighted by Gasteiger charge is 2.27. The zero-order valence-corrected chi connectivity index (χ0v) is 20.5. The summed E-state index contributed by atoms with van der Waals surface area (Å²) in [5, 5.41) is 8.82. The van der Waals surface area contributed by atoms with Gasteiger partial charge in [-0.15, -0.1) is 0 Å². The van der Waals surface area contributed by atoms with E-state index >= 15 is 0 Å². The zero-order valence-electron chi connectivity index (χ0n) is 19.6. The minimum absolute atomic E-state index is 0.362. The first-order chi connectivity index (χ1) is 13.5. The molecule has 0 heterocycles. The molecule has 0 saturated heterocycles. The maximum Gasteiger partial charge on any atom is 0.259 e. The minimum atomic E-state index is -1.10. The minimum Gasteiger partial charge on any atom is -0.322 e. The second-order valence-electron chi connectivity index (χ2n) is 8.38. The van der Waals surface area contributed by atoms with Gasteiger partial charge in [0.25, 0.3) is 8.53 Å². The Morgan fingerprint density at radius 3 is 1.93 bits per heavy atom. The third kappa shape index (κ3) is 13.9. The molecule has 0 radical (unpaired) electrons. The van der Waals surface area contributed by atoms with Crippen LogP contribution in [0.1, 0.15) is 112 Å². The summed E-state index contributed by atoms with van der Waals surface area (Å²) in [7, 11) is -1.10. The van der Waals surface area contributed by atoms with Gasteiger partial charge in [0.05, 0.1) is 25.7 Å². The predicted molar refractivity (Wildman–Crippen MR) is 122 cm³/mol. The Kier molecular flexibility index (Phi) is 18.7. The van der Waals surface area contributed by atoms with Crippen LogP contribution in [0.25, 0.3) is 0 Å². The number of rotatable bonds is 19. The van der Waals surface area contributed by atoms with Gasteiger partial charge in [-0.1, -0.05) is 71.6 Å². The van der Waals surface area contributed by atoms with Crippen molar-refractivity contribution in [2.75, 3.05) is 13.2 Å². The molecule has 0 aliphatic carbocycles. The Morgan fingerprint density at radius 1 is 0.857 bits per heavy atom. The summed E-state index contributed by atoms with van der Waals surface area (Å²) in [4.78, 5) is 0. The summed E-state index contributed by atoms with van der Waals surface area (Å²) in [5.74, 6) is 0.603. The molecule has 0 spiro atoms. The van der Waals surface area contributed by atoms with Crippen molar-refractivity contribution in [1.82, 2.24) is 4.67 Å². The first-order valence-electron chi connectivity index (χ1n) is 11.7. The van der Waals surface area contributed by atoms with Crippen LogP contribution in [0.2, 0.25) is 0 Å². The molecule has 0 N–H and O–H groups in total. The molecule has 0 saturated carbocycles. The number of unbranched alkanes of at least 4 members (excludes halogenated alkanes) is 7. The van der Waals surface area contributed by atoms with Crippen LogP contribution in [-0.2, 0) is 9.05 Å². The standard InChI is InChI=1S/C23H47N2O2P/c1-7-9-10-11-12-13-14-15-17-23(8-2)20-27-28(26-19-16-18-24)25(21(3)4)22(5)6/h21-23H,7-17,19-20H2,1-6H3. The van der Waals surface area contributed by atoms with Gasteiger partial charge in [0.2, 0.25) is 0 Å². The molecule has 0 rings (SSSR count). The summed E-state index contributed by atoms with van der Waals surface area (Å²) >= 11 is 0. The highest BCUT2D eigenvalue weighted by atomic mass is 31.2. The summed E-state index contributed by atoms with van der Waals surface area (Å²) < 4.78 is 14.6. The van der Waals surface area contributed by atoms with Gasteiger partial charge < -0.3 is 9.05 Å². The summed E-state index contributed by atoms with van der Waals surface area (Å²) in [6.45, 7) is 14.5. The molecule has 166 valence electrons. The van der Waals surface area contributed by atoms with E-state index in [9.17, 15) is 0 Å². The van der Waals surface area contributed by atoms with E-state index in [0.717, 1.165) is 13.0 Å². The Balaban J connectivity index is 4.32. The van der Waals surface area contributed by atoms with E-state index in [1.807, 2.05) is 0 Å². The van der Waals surface area contributed by atoms with Gasteiger partial charge in [0, 0.05) is 12.1 Å². The molecule has 0 aromatic carbocycles. The van der Waals surface area contributed by atoms with Crippen molar-refractivity contribution < 1.29 is 9.05 Å². The van der Waals surface area contributed by atoms with Gasteiger partial charge in [-0.25, -0.2) is 4.67 Å². The molecule has 5 heteroatoms. The van der Waals surface area contributed by atoms with Gasteiger partial charge in [-0.2, -0.15) is 5.26 Å². The van der Waals surface area contributed by atoms with Crippen molar-refractivity contribution in [1.29, 1.82) is 5.26 Å². The van der Waals surface area contributed by atoms with Gasteiger partial charge >= 0.3 is 0 Å². The lowest BCUT2D eigenvalue weighted by Crippen LogP contribution is -2.34. The molecular weight excluding hydrogens is 367 g/mol. The lowest BCUT2D eigenvalue weighted by atomic mass is 9.98. The van der Waals surface area contributed by atoms with Crippen LogP contribution < -0.4 is 0 Å². The van der Waals surface area contributed by atoms with Gasteiger partial charge in [0.15, 0.2) is 0 Å². The van der Waals surface area contributed by atoms with E-state index in [2.05, 4.69) is 52.3 Å². The summed E-state index contributed by atoms with van der Waals surface area (Å²) in [5.41, 5.74) is 0. The Labute approximate surface area is 177 Å². The van der Waals surface area contributed by atoms with Gasteiger partial charge in [-0.3, -0.25) is 0 Å². The second kappa shape index (κ2) is 18.8. The lowest BCUT2D eigenvalue weighted by Gasteiger charge is -2.36. The Bertz CT molecular complexity index is 377. The molecule has 0 aliphatic rings. The molecule has 0 aliphatic heterocycles. The quantitative estimate of drug-likeness (QED) is 0.159. The fourth-order valence-electron chi connectivity index (χ4n) is 3.45. The van der Waals surface area contributed by atoms with Crippen LogP contribution in [0.3, 0.4) is 0 Å². The number of hydrogen-bond donors (Lipinski definition) is 0. The molecule has 0 fully saturated rings. The molecule has 0 aromatic heterocycles. The van der Waals surface area contributed by atoms with Crippen LogP contribution in [0.5, 0.6) is 0 Å². The largest absolute Gasteiger partial charge is 0.322 e. The molecule has 2 unspecified atom stereocenters. The van der Waals surface area contributed by atoms with E-state index in [0.29, 0.717) is 31.0 Å². The van der Waals surface area contributed by atoms with Crippen LogP contribution in [0.15, 0.2) is 0 Å². The molecular formula is C23H47N2O2P. The lowest BCUT2D eigenvalue weighted by molar-refractivity contribution is 0.153. The average molecular weight is 415 g/mol. The first-order valence-corrected chi connectivity index (χ1v) is 12.8. The SMILES string of the molecule is CCCCCCCCCCC(CC)COP(OCCC#N)N(C(C)C)C(C)C. The topological polar surface area (TPSA) is 45.5 Å². The van der Waals surface area contributed by atoms with E-state index in [4.69, 9.17) is 14.3 Å². The fourth-order valence-corrected chi connectivity index (χ4v) is 5.14. The highest BCUT2D eigenvalue weighted by Crippen LogP contribution is 2.46. The summed E-state index contributed by atoms with van der Waals surface area (Å²) in [6, 6.07) is 2.89. The Hall–Kier alpha value is -0.200. The van der Waals surface area contributed by atoms with Crippen molar-refractivity contribution in [3.8, 4) is 6.07 Å². The molecule has 2 atom stereocenters. The smallest absolute Gasteiger partial charge is 0.259 e. The van der Waals surface area contributed by atoms with E-state index < -0.39 is 8.53 Å². The van der Waals surface area contributed by atoms with Crippen LogP contribution in [0.4, 0.5) is 0 Å². The maximum absolute atomic E-state index is 8.82. The van der Waals surface area contributed by atoms with Crippen molar-refractivity contribution >= 4 is 8.53 Å². The molecule has 0 bridgehead atoms. The maximum atomic E-state index is 8.82. The predicted octanol–water partition coefficient (Wildman–Crippen LogP) is 7.84. The monoisotopic (exact) mass is 414 g/mol. The van der Waals surface area contributed by atoms with E-state index in [1.165, 1.54) is 57.8 Å². The van der Waals surface area contributed by atoms with Crippen molar-refractivity contribution in [2.45, 2.75) is 124 Å². The van der Waals surface area contributed by atoms with E-state index in [1.54, 1.807) is 0 Å². The zero-order chi connectivity index (χ0) is 21.2. The second-order valence-corrected chi connectivity index (χ2v) is 9.83. The molecule has 28 heavy (non-hydrogen) atoms. The van der Waals surface area contributed by atoms with Crippen LogP contribution in [-0.4, -0.2) is 30.0 Å². The first kappa shape index (κ1) is 27.8. The highest BCUT2D eigenvalue weighted by molar-refractivity contribution is 7.44. The van der Waals surface area contributed by atoms with Crippen molar-refractivity contribution in [2.24, 2.45) is 5.92 Å². The van der Waals surface area contributed by atoms with Gasteiger partial charge in [-0.05, 0) is 40.0 Å².